The monoisotopic (exact) mass is 434 g/mol. The van der Waals surface area contributed by atoms with Gasteiger partial charge < -0.3 is 15.0 Å². The molecule has 0 aromatic heterocycles. The first-order valence-corrected chi connectivity index (χ1v) is 10.8. The fourth-order valence-electron chi connectivity index (χ4n) is 3.15. The normalized spacial score (nSPS) is 14.4. The maximum atomic E-state index is 12.4. The number of hydrogen-bond acceptors (Lipinski definition) is 7. The molecule has 3 rings (SSSR count). The third-order valence-corrected chi connectivity index (χ3v) is 5.67. The smallest absolute Gasteiger partial charge is 0.293 e. The van der Waals surface area contributed by atoms with Gasteiger partial charge in [-0.15, -0.1) is 0 Å². The molecule has 11 heteroatoms. The van der Waals surface area contributed by atoms with Crippen molar-refractivity contribution < 1.29 is 22.9 Å². The molecule has 1 aliphatic heterocycles. The molecular weight excluding hydrogens is 412 g/mol. The highest BCUT2D eigenvalue weighted by Gasteiger charge is 2.23. The molecule has 0 radical (unpaired) electrons. The van der Waals surface area contributed by atoms with Crippen LogP contribution in [0.5, 0.6) is 0 Å². The average molecular weight is 434 g/mol. The molecule has 1 aliphatic rings. The molecule has 0 aliphatic carbocycles. The number of ether oxygens (including phenoxy) is 1. The van der Waals surface area contributed by atoms with Crippen molar-refractivity contribution in [2.75, 3.05) is 37.7 Å². The summed E-state index contributed by atoms with van der Waals surface area (Å²) in [5, 5.41) is 19.3. The van der Waals surface area contributed by atoms with Gasteiger partial charge in [-0.2, -0.15) is 0 Å². The molecule has 1 amide bonds. The lowest BCUT2D eigenvalue weighted by atomic mass is 10.1. The maximum Gasteiger partial charge on any atom is 0.293 e. The molecule has 0 unspecified atom stereocenters. The predicted octanol–water partition coefficient (Wildman–Crippen LogP) is 1.05. The van der Waals surface area contributed by atoms with Crippen LogP contribution in [0.4, 0.5) is 11.4 Å². The van der Waals surface area contributed by atoms with E-state index in [4.69, 9.17) is 9.88 Å². The Morgan fingerprint density at radius 3 is 2.43 bits per heavy atom. The van der Waals surface area contributed by atoms with E-state index >= 15 is 0 Å². The molecule has 3 N–H and O–H groups in total. The molecule has 0 saturated carbocycles. The van der Waals surface area contributed by atoms with Crippen LogP contribution in [0, 0.1) is 10.1 Å². The van der Waals surface area contributed by atoms with Gasteiger partial charge in [-0.05, 0) is 36.2 Å². The SMILES string of the molecule is NS(=O)(=O)c1ccc(CCNC(=O)c2ccc(N3CCOCC3)c([N+](=O)[O-])c2)cc1. The number of morpholine rings is 1. The fraction of sp³-hybridized carbons (Fsp3) is 0.316. The average Bonchev–Trinajstić information content (AvgIpc) is 2.73. The summed E-state index contributed by atoms with van der Waals surface area (Å²) in [5.74, 6) is -0.423. The summed E-state index contributed by atoms with van der Waals surface area (Å²) in [6.07, 6.45) is 0.463. The lowest BCUT2D eigenvalue weighted by Gasteiger charge is -2.28. The zero-order chi connectivity index (χ0) is 21.7. The quantitative estimate of drug-likeness (QED) is 0.489. The highest BCUT2D eigenvalue weighted by Crippen LogP contribution is 2.29. The first kappa shape index (κ1) is 21.7. The zero-order valence-corrected chi connectivity index (χ0v) is 16.9. The largest absolute Gasteiger partial charge is 0.378 e. The van der Waals surface area contributed by atoms with Crippen molar-refractivity contribution in [2.45, 2.75) is 11.3 Å². The summed E-state index contributed by atoms with van der Waals surface area (Å²) >= 11 is 0. The Kier molecular flexibility index (Phi) is 6.65. The lowest BCUT2D eigenvalue weighted by Crippen LogP contribution is -2.36. The number of nitro groups is 1. The minimum absolute atomic E-state index is 0.0166. The van der Waals surface area contributed by atoms with Crippen LogP contribution in [0.1, 0.15) is 15.9 Å². The first-order chi connectivity index (χ1) is 14.3. The van der Waals surface area contributed by atoms with Gasteiger partial charge >= 0.3 is 0 Å². The van der Waals surface area contributed by atoms with Gasteiger partial charge in [-0.3, -0.25) is 14.9 Å². The van der Waals surface area contributed by atoms with Crippen LogP contribution in [-0.4, -0.2) is 52.1 Å². The molecule has 160 valence electrons. The summed E-state index contributed by atoms with van der Waals surface area (Å²) in [6, 6.07) is 10.5. The molecule has 2 aromatic rings. The summed E-state index contributed by atoms with van der Waals surface area (Å²) in [7, 11) is -3.75. The number of carbonyl (C=O) groups is 1. The molecule has 0 bridgehead atoms. The Labute approximate surface area is 173 Å². The Hall–Kier alpha value is -3.02. The molecule has 10 nitrogen and oxygen atoms in total. The molecule has 30 heavy (non-hydrogen) atoms. The number of nitro benzene ring substituents is 1. The van der Waals surface area contributed by atoms with E-state index < -0.39 is 20.9 Å². The predicted molar refractivity (Wildman–Crippen MR) is 110 cm³/mol. The number of rotatable bonds is 7. The van der Waals surface area contributed by atoms with E-state index in [1.807, 2.05) is 4.90 Å². The molecule has 1 saturated heterocycles. The van der Waals surface area contributed by atoms with E-state index in [-0.39, 0.29) is 22.7 Å². The van der Waals surface area contributed by atoms with E-state index in [0.29, 0.717) is 38.4 Å². The number of primary sulfonamides is 1. The number of sulfonamides is 1. The number of nitrogens with one attached hydrogen (secondary N) is 1. The van der Waals surface area contributed by atoms with E-state index in [0.717, 1.165) is 5.56 Å². The van der Waals surface area contributed by atoms with Crippen LogP contribution in [0.15, 0.2) is 47.4 Å². The van der Waals surface area contributed by atoms with E-state index in [9.17, 15) is 23.3 Å². The minimum Gasteiger partial charge on any atom is -0.378 e. The Balaban J connectivity index is 1.63. The lowest BCUT2D eigenvalue weighted by molar-refractivity contribution is -0.384. The number of hydrogen-bond donors (Lipinski definition) is 2. The van der Waals surface area contributed by atoms with Crippen LogP contribution in [0.2, 0.25) is 0 Å². The molecular formula is C19H22N4O6S. The highest BCUT2D eigenvalue weighted by molar-refractivity contribution is 7.89. The second-order valence-electron chi connectivity index (χ2n) is 6.75. The van der Waals surface area contributed by atoms with Crippen molar-refractivity contribution >= 4 is 27.3 Å². The molecule has 1 fully saturated rings. The van der Waals surface area contributed by atoms with Gasteiger partial charge in [0, 0.05) is 31.3 Å². The third kappa shape index (κ3) is 5.32. The standard InChI is InChI=1S/C19H22N4O6S/c20-30(27,28)16-4-1-14(2-5-16)7-8-21-19(24)15-3-6-17(18(13-15)23(25)26)22-9-11-29-12-10-22/h1-6,13H,7-12H2,(H,21,24)(H2,20,27,28). The summed E-state index contributed by atoms with van der Waals surface area (Å²) in [4.78, 5) is 25.3. The minimum atomic E-state index is -3.75. The van der Waals surface area contributed by atoms with Crippen molar-refractivity contribution in [1.82, 2.24) is 5.32 Å². The number of nitrogens with two attached hydrogens (primary N) is 1. The van der Waals surface area contributed by atoms with Crippen molar-refractivity contribution in [3.8, 4) is 0 Å². The molecule has 0 spiro atoms. The van der Waals surface area contributed by atoms with E-state index in [1.54, 1.807) is 24.3 Å². The number of anilines is 1. The van der Waals surface area contributed by atoms with Gasteiger partial charge in [0.05, 0.1) is 23.0 Å². The van der Waals surface area contributed by atoms with Crippen molar-refractivity contribution in [1.29, 1.82) is 0 Å². The van der Waals surface area contributed by atoms with Crippen LogP contribution in [-0.2, 0) is 21.2 Å². The zero-order valence-electron chi connectivity index (χ0n) is 16.1. The first-order valence-electron chi connectivity index (χ1n) is 9.27. The van der Waals surface area contributed by atoms with Gasteiger partial charge in [0.2, 0.25) is 10.0 Å². The second-order valence-corrected chi connectivity index (χ2v) is 8.32. The van der Waals surface area contributed by atoms with Crippen LogP contribution >= 0.6 is 0 Å². The molecule has 1 heterocycles. The van der Waals surface area contributed by atoms with Gasteiger partial charge in [0.25, 0.3) is 11.6 Å². The van der Waals surface area contributed by atoms with Crippen molar-refractivity contribution in [2.24, 2.45) is 5.14 Å². The van der Waals surface area contributed by atoms with Crippen molar-refractivity contribution in [3.05, 3.63) is 63.7 Å². The molecule has 2 aromatic carbocycles. The number of nitrogens with zero attached hydrogens (tertiary/aromatic N) is 2. The van der Waals surface area contributed by atoms with Crippen LogP contribution in [0.25, 0.3) is 0 Å². The summed E-state index contributed by atoms with van der Waals surface area (Å²) in [5.41, 5.74) is 1.36. The fourth-order valence-corrected chi connectivity index (χ4v) is 3.67. The van der Waals surface area contributed by atoms with E-state index in [1.165, 1.54) is 18.2 Å². The molecule has 0 atom stereocenters. The van der Waals surface area contributed by atoms with Gasteiger partial charge in [-0.1, -0.05) is 12.1 Å². The Bertz CT molecular complexity index is 1030. The summed E-state index contributed by atoms with van der Waals surface area (Å²) in [6.45, 7) is 2.38. The van der Waals surface area contributed by atoms with Gasteiger partial charge in [-0.25, -0.2) is 13.6 Å². The highest BCUT2D eigenvalue weighted by atomic mass is 32.2. The number of amides is 1. The van der Waals surface area contributed by atoms with Gasteiger partial charge in [0.1, 0.15) is 5.69 Å². The topological polar surface area (TPSA) is 145 Å². The third-order valence-electron chi connectivity index (χ3n) is 4.74. The Morgan fingerprint density at radius 1 is 1.17 bits per heavy atom. The van der Waals surface area contributed by atoms with E-state index in [2.05, 4.69) is 5.32 Å². The van der Waals surface area contributed by atoms with Crippen LogP contribution < -0.4 is 15.4 Å². The maximum absolute atomic E-state index is 12.4. The summed E-state index contributed by atoms with van der Waals surface area (Å²) < 4.78 is 27.8. The number of benzene rings is 2. The van der Waals surface area contributed by atoms with Crippen molar-refractivity contribution in [3.63, 3.8) is 0 Å². The van der Waals surface area contributed by atoms with Gasteiger partial charge in [0.15, 0.2) is 0 Å². The Morgan fingerprint density at radius 2 is 1.83 bits per heavy atom. The number of carbonyl (C=O) groups excluding carboxylic acids is 1. The second kappa shape index (κ2) is 9.20. The van der Waals surface area contributed by atoms with Crippen LogP contribution in [0.3, 0.4) is 0 Å².